The van der Waals surface area contributed by atoms with Crippen LogP contribution in [-0.4, -0.2) is 31.6 Å². The van der Waals surface area contributed by atoms with Gasteiger partial charge in [0.2, 0.25) is 10.0 Å². The van der Waals surface area contributed by atoms with Crippen molar-refractivity contribution in [2.45, 2.75) is 24.7 Å². The summed E-state index contributed by atoms with van der Waals surface area (Å²) in [6, 6.07) is 8.86. The maximum absolute atomic E-state index is 12.7. The minimum atomic E-state index is -3.68. The molecule has 8 heteroatoms. The number of rotatable bonds is 4. The highest BCUT2D eigenvalue weighted by atomic mass is 35.5. The predicted molar refractivity (Wildman–Crippen MR) is 101 cm³/mol. The number of ketones is 1. The number of carbonyl (C=O) groups is 1. The van der Waals surface area contributed by atoms with Gasteiger partial charge in [-0.3, -0.25) is 4.79 Å². The Balaban J connectivity index is 1.70. The normalized spacial score (nSPS) is 16.9. The van der Waals surface area contributed by atoms with E-state index >= 15 is 0 Å². The lowest BCUT2D eigenvalue weighted by molar-refractivity contribution is 0.0875. The van der Waals surface area contributed by atoms with Gasteiger partial charge in [0.1, 0.15) is 9.23 Å². The standard InChI is InChI=1S/C17H17Cl2NO3S2/c1-11-2-4-12(5-3-11)16(21)13-6-8-20(9-7-13)25(22,23)14-10-15(18)24-17(14)19/h2-5,10,13H,6-9H2,1H3. The average molecular weight is 418 g/mol. The summed E-state index contributed by atoms with van der Waals surface area (Å²) in [7, 11) is -3.68. The van der Waals surface area contributed by atoms with Crippen LogP contribution in [0, 0.1) is 12.8 Å². The van der Waals surface area contributed by atoms with E-state index in [4.69, 9.17) is 23.2 Å². The zero-order valence-corrected chi connectivity index (χ0v) is 16.7. The van der Waals surface area contributed by atoms with E-state index in [1.54, 1.807) is 0 Å². The van der Waals surface area contributed by atoms with E-state index in [2.05, 4.69) is 0 Å². The van der Waals surface area contributed by atoms with Gasteiger partial charge in [-0.25, -0.2) is 8.42 Å². The van der Waals surface area contributed by atoms with Crippen LogP contribution < -0.4 is 0 Å². The number of sulfonamides is 1. The molecule has 1 saturated heterocycles. The SMILES string of the molecule is Cc1ccc(C(=O)C2CCN(S(=O)(=O)c3cc(Cl)sc3Cl)CC2)cc1. The summed E-state index contributed by atoms with van der Waals surface area (Å²) in [5, 5.41) is 0. The van der Waals surface area contributed by atoms with E-state index in [0.29, 0.717) is 35.8 Å². The van der Waals surface area contributed by atoms with Crippen molar-refractivity contribution >= 4 is 50.3 Å². The zero-order valence-electron chi connectivity index (χ0n) is 13.5. The van der Waals surface area contributed by atoms with Crippen molar-refractivity contribution in [3.63, 3.8) is 0 Å². The van der Waals surface area contributed by atoms with E-state index < -0.39 is 10.0 Å². The smallest absolute Gasteiger partial charge is 0.245 e. The lowest BCUT2D eigenvalue weighted by atomic mass is 9.89. The van der Waals surface area contributed by atoms with E-state index in [0.717, 1.165) is 16.9 Å². The van der Waals surface area contributed by atoms with E-state index in [1.807, 2.05) is 31.2 Å². The van der Waals surface area contributed by atoms with Crippen molar-refractivity contribution in [3.05, 3.63) is 50.1 Å². The van der Waals surface area contributed by atoms with Crippen molar-refractivity contribution < 1.29 is 13.2 Å². The number of nitrogens with zero attached hydrogens (tertiary/aromatic N) is 1. The van der Waals surface area contributed by atoms with Crippen LogP contribution in [0.5, 0.6) is 0 Å². The number of halogens is 2. The largest absolute Gasteiger partial charge is 0.294 e. The fraction of sp³-hybridized carbons (Fsp3) is 0.353. The lowest BCUT2D eigenvalue weighted by Crippen LogP contribution is -2.40. The van der Waals surface area contributed by atoms with Crippen LogP contribution in [0.15, 0.2) is 35.2 Å². The molecule has 134 valence electrons. The minimum Gasteiger partial charge on any atom is -0.294 e. The molecule has 0 aliphatic carbocycles. The molecule has 1 aliphatic heterocycles. The molecule has 2 heterocycles. The highest BCUT2D eigenvalue weighted by molar-refractivity contribution is 7.89. The number of aryl methyl sites for hydroxylation is 1. The Morgan fingerprint density at radius 3 is 2.28 bits per heavy atom. The second-order valence-electron chi connectivity index (χ2n) is 6.10. The fourth-order valence-electron chi connectivity index (χ4n) is 2.95. The van der Waals surface area contributed by atoms with Gasteiger partial charge in [0.25, 0.3) is 0 Å². The number of benzene rings is 1. The molecule has 1 aromatic heterocycles. The first-order valence-electron chi connectivity index (χ1n) is 7.85. The lowest BCUT2D eigenvalue weighted by Gasteiger charge is -2.30. The third-order valence-electron chi connectivity index (χ3n) is 4.40. The Labute approximate surface area is 161 Å². The molecule has 0 atom stereocenters. The molecule has 1 aliphatic rings. The molecule has 0 radical (unpaired) electrons. The highest BCUT2D eigenvalue weighted by Crippen LogP contribution is 2.37. The number of hydrogen-bond donors (Lipinski definition) is 0. The summed E-state index contributed by atoms with van der Waals surface area (Å²) in [6.07, 6.45) is 1.00. The number of piperidine rings is 1. The van der Waals surface area contributed by atoms with Gasteiger partial charge >= 0.3 is 0 Å². The summed E-state index contributed by atoms with van der Waals surface area (Å²) in [5.74, 6) is -0.0793. The van der Waals surface area contributed by atoms with Crippen LogP contribution in [-0.2, 0) is 10.0 Å². The topological polar surface area (TPSA) is 54.5 Å². The van der Waals surface area contributed by atoms with Crippen molar-refractivity contribution in [2.24, 2.45) is 5.92 Å². The van der Waals surface area contributed by atoms with Gasteiger partial charge < -0.3 is 0 Å². The Morgan fingerprint density at radius 2 is 1.76 bits per heavy atom. The van der Waals surface area contributed by atoms with Crippen LogP contribution in [0.2, 0.25) is 8.67 Å². The highest BCUT2D eigenvalue weighted by Gasteiger charge is 2.34. The molecule has 25 heavy (non-hydrogen) atoms. The maximum Gasteiger partial charge on any atom is 0.245 e. The first-order chi connectivity index (χ1) is 11.8. The van der Waals surface area contributed by atoms with Gasteiger partial charge in [-0.05, 0) is 25.8 Å². The second-order valence-corrected chi connectivity index (χ2v) is 10.3. The molecular weight excluding hydrogens is 401 g/mol. The first kappa shape index (κ1) is 18.9. The molecule has 1 fully saturated rings. The van der Waals surface area contributed by atoms with Crippen LogP contribution in [0.1, 0.15) is 28.8 Å². The predicted octanol–water partition coefficient (Wildman–Crippen LogP) is 4.65. The number of hydrogen-bond acceptors (Lipinski definition) is 4. The summed E-state index contributed by atoms with van der Waals surface area (Å²) in [6.45, 7) is 2.57. The van der Waals surface area contributed by atoms with Gasteiger partial charge in [-0.2, -0.15) is 4.31 Å². The molecule has 0 unspecified atom stereocenters. The van der Waals surface area contributed by atoms with Gasteiger partial charge in [0.05, 0.1) is 4.34 Å². The summed E-state index contributed by atoms with van der Waals surface area (Å²) in [5.41, 5.74) is 1.78. The molecule has 0 bridgehead atoms. The Bertz CT molecular complexity index is 883. The van der Waals surface area contributed by atoms with Crippen molar-refractivity contribution in [2.75, 3.05) is 13.1 Å². The van der Waals surface area contributed by atoms with Gasteiger partial charge in [0.15, 0.2) is 5.78 Å². The number of carbonyl (C=O) groups excluding carboxylic acids is 1. The monoisotopic (exact) mass is 417 g/mol. The summed E-state index contributed by atoms with van der Waals surface area (Å²) >= 11 is 12.9. The van der Waals surface area contributed by atoms with Crippen LogP contribution >= 0.6 is 34.5 Å². The fourth-order valence-corrected chi connectivity index (χ4v) is 6.53. The minimum absolute atomic E-state index is 0.0486. The number of thiophene rings is 1. The van der Waals surface area contributed by atoms with Crippen molar-refractivity contribution in [1.29, 1.82) is 0 Å². The van der Waals surface area contributed by atoms with E-state index in [-0.39, 0.29) is 20.9 Å². The van der Waals surface area contributed by atoms with Crippen molar-refractivity contribution in [3.8, 4) is 0 Å². The van der Waals surface area contributed by atoms with E-state index in [1.165, 1.54) is 10.4 Å². The molecule has 3 rings (SSSR count). The maximum atomic E-state index is 12.7. The molecule has 4 nitrogen and oxygen atoms in total. The summed E-state index contributed by atoms with van der Waals surface area (Å²) < 4.78 is 27.3. The molecule has 0 spiro atoms. The third kappa shape index (κ3) is 3.93. The van der Waals surface area contributed by atoms with Crippen LogP contribution in [0.25, 0.3) is 0 Å². The van der Waals surface area contributed by atoms with Gasteiger partial charge in [-0.1, -0.05) is 53.0 Å². The first-order valence-corrected chi connectivity index (χ1v) is 10.9. The quantitative estimate of drug-likeness (QED) is 0.680. The average Bonchev–Trinajstić information content (AvgIpc) is 2.94. The van der Waals surface area contributed by atoms with Gasteiger partial charge in [-0.15, -0.1) is 11.3 Å². The van der Waals surface area contributed by atoms with E-state index in [9.17, 15) is 13.2 Å². The molecule has 0 amide bonds. The Kier molecular flexibility index (Phi) is 5.56. The third-order valence-corrected chi connectivity index (χ3v) is 8.06. The molecule has 1 aromatic carbocycles. The Hall–Kier alpha value is -0.920. The van der Waals surface area contributed by atoms with Crippen LogP contribution in [0.3, 0.4) is 0 Å². The molecule has 0 saturated carbocycles. The second kappa shape index (κ2) is 7.37. The molecule has 2 aromatic rings. The van der Waals surface area contributed by atoms with Crippen molar-refractivity contribution in [1.82, 2.24) is 4.31 Å². The number of Topliss-reactive ketones (excluding diaryl/α,β-unsaturated/α-hetero) is 1. The van der Waals surface area contributed by atoms with Gasteiger partial charge in [0, 0.05) is 24.6 Å². The molecular formula is C17H17Cl2NO3S2. The van der Waals surface area contributed by atoms with Crippen LogP contribution in [0.4, 0.5) is 0 Å². The summed E-state index contributed by atoms with van der Waals surface area (Å²) in [4.78, 5) is 12.6. The Morgan fingerprint density at radius 1 is 1.16 bits per heavy atom. The zero-order chi connectivity index (χ0) is 18.2. The molecule has 0 N–H and O–H groups in total.